The maximum absolute atomic E-state index is 13.2. The smallest absolute Gasteiger partial charge is 0.331 e. The fourth-order valence-corrected chi connectivity index (χ4v) is 5.36. The number of aliphatic imine (C=N–C) groups is 1. The van der Waals surface area contributed by atoms with Crippen LogP contribution in [0.15, 0.2) is 87.0 Å². The molecule has 3 aliphatic rings. The molecule has 6 rings (SSSR count). The molecule has 4 heterocycles. The van der Waals surface area contributed by atoms with Crippen molar-refractivity contribution in [2.45, 2.75) is 43.0 Å². The Morgan fingerprint density at radius 3 is 2.62 bits per heavy atom. The van der Waals surface area contributed by atoms with Crippen LogP contribution in [0.1, 0.15) is 0 Å². The van der Waals surface area contributed by atoms with Gasteiger partial charge in [-0.25, -0.2) is 4.79 Å². The van der Waals surface area contributed by atoms with Crippen molar-refractivity contribution in [2.75, 3.05) is 13.6 Å². The number of allylic oxidation sites excluding steroid dienone is 1. The zero-order valence-corrected chi connectivity index (χ0v) is 24.5. The zero-order chi connectivity index (χ0) is 33.4. The molecule has 0 amide bonds. The number of likely N-dealkylation sites (N-methyl/N-ethyl adjacent to an activating group) is 1. The lowest BCUT2D eigenvalue weighted by Crippen LogP contribution is -3.07. The molecule has 0 bridgehead atoms. The van der Waals surface area contributed by atoms with Gasteiger partial charge in [-0.15, -0.1) is 0 Å². The third kappa shape index (κ3) is 6.38. The number of carboxylic acids is 1. The highest BCUT2D eigenvalue weighted by Gasteiger charge is 2.52. The number of carbonyl (C=O) groups is 2. The number of aliphatic hydroxyl groups is 3. The summed E-state index contributed by atoms with van der Waals surface area (Å²) in [5.74, 6) is -3.16. The molecule has 8 atom stereocenters. The summed E-state index contributed by atoms with van der Waals surface area (Å²) in [6.45, 7) is 0.275. The number of phenolic OH excluding ortho intramolecular Hbond substituents is 1. The standard InChI is InChI=1S/C31H29N3O13/c1-32-22(28(39)40)29(41)46-30(42)26-24(37)25(38)27(47-34-11-15-8-9-33-20(15)12-34)31(45-26)44-17-6-7-18-21(10-17)43-13-19(23(18)36)14-2-4-16(35)5-3-14/h2-11,13,22,24-27,30-32,35,37-38,42H,12H2,1H3,(H,39,40). The van der Waals surface area contributed by atoms with Gasteiger partial charge in [0.2, 0.25) is 18.7 Å². The molecule has 16 nitrogen and oxygen atoms in total. The van der Waals surface area contributed by atoms with Crippen molar-refractivity contribution >= 4 is 28.6 Å². The zero-order valence-electron chi connectivity index (χ0n) is 24.5. The van der Waals surface area contributed by atoms with Crippen LogP contribution in [-0.2, 0) is 23.9 Å². The number of fused-ring (bicyclic) bond motifs is 2. The van der Waals surface area contributed by atoms with Gasteiger partial charge in [-0.3, -0.25) is 9.79 Å². The maximum Gasteiger partial charge on any atom is 0.331 e. The number of hydrogen-bond donors (Lipinski definition) is 6. The van der Waals surface area contributed by atoms with E-state index in [0.29, 0.717) is 10.6 Å². The molecule has 16 heteroatoms. The minimum atomic E-state index is -2.26. The second-order valence-electron chi connectivity index (χ2n) is 10.8. The summed E-state index contributed by atoms with van der Waals surface area (Å²) in [7, 11) is 1.15. The molecule has 0 aliphatic carbocycles. The molecule has 8 unspecified atom stereocenters. The average molecular weight is 652 g/mol. The first-order valence-corrected chi connectivity index (χ1v) is 14.3. The van der Waals surface area contributed by atoms with Crippen molar-refractivity contribution < 1.29 is 63.7 Å². The van der Waals surface area contributed by atoms with E-state index in [1.165, 1.54) is 36.6 Å². The summed E-state index contributed by atoms with van der Waals surface area (Å²) in [5.41, 5.74) is 2.08. The van der Waals surface area contributed by atoms with E-state index >= 15 is 0 Å². The van der Waals surface area contributed by atoms with Gasteiger partial charge in [0.15, 0.2) is 18.1 Å². The van der Waals surface area contributed by atoms with Crippen molar-refractivity contribution in [2.24, 2.45) is 4.99 Å². The molecule has 2 aromatic carbocycles. The summed E-state index contributed by atoms with van der Waals surface area (Å²) in [6, 6.07) is 8.32. The molecule has 1 saturated heterocycles. The van der Waals surface area contributed by atoms with Crippen LogP contribution < -0.4 is 25.7 Å². The number of aliphatic hydroxyl groups excluding tert-OH is 3. The van der Waals surface area contributed by atoms with Crippen LogP contribution in [0, 0.1) is 0 Å². The number of phenols is 1. The van der Waals surface area contributed by atoms with Gasteiger partial charge in [-0.2, -0.15) is 9.90 Å². The molecule has 3 aromatic rings. The normalized spacial score (nSPS) is 26.3. The number of nitrogens with zero attached hydrogens (tertiary/aromatic N) is 1. The highest BCUT2D eigenvalue weighted by Crippen LogP contribution is 2.30. The molecule has 0 saturated carbocycles. The molecule has 1 aromatic heterocycles. The average Bonchev–Trinajstić information content (AvgIpc) is 3.64. The van der Waals surface area contributed by atoms with E-state index in [4.69, 9.17) is 23.5 Å². The third-order valence-electron chi connectivity index (χ3n) is 7.80. The molecule has 47 heavy (non-hydrogen) atoms. The predicted octanol–water partition coefficient (Wildman–Crippen LogP) is -2.76. The van der Waals surface area contributed by atoms with Crippen LogP contribution in [0.5, 0.6) is 11.5 Å². The Kier molecular flexibility index (Phi) is 8.89. The molecule has 6 N–H and O–H groups in total. The van der Waals surface area contributed by atoms with Gasteiger partial charge in [0, 0.05) is 12.3 Å². The van der Waals surface area contributed by atoms with E-state index < -0.39 is 55.0 Å². The number of benzene rings is 2. The number of aliphatic carboxylic acids is 1. The van der Waals surface area contributed by atoms with Crippen LogP contribution in [0.3, 0.4) is 0 Å². The molecule has 0 radical (unpaired) electrons. The Morgan fingerprint density at radius 2 is 1.91 bits per heavy atom. The van der Waals surface area contributed by atoms with Crippen LogP contribution in [0.4, 0.5) is 0 Å². The van der Waals surface area contributed by atoms with Gasteiger partial charge in [-0.05, 0) is 43.0 Å². The molecule has 1 fully saturated rings. The Hall–Kier alpha value is -4.94. The first kappa shape index (κ1) is 32.0. The molecule has 246 valence electrons. The van der Waals surface area contributed by atoms with Crippen molar-refractivity contribution in [3.8, 4) is 22.6 Å². The highest BCUT2D eigenvalue weighted by molar-refractivity contribution is 6.06. The van der Waals surface area contributed by atoms with Crippen molar-refractivity contribution in [1.29, 1.82) is 0 Å². The third-order valence-corrected chi connectivity index (χ3v) is 7.80. The minimum Gasteiger partial charge on any atom is -0.548 e. The number of rotatable bonds is 10. The summed E-state index contributed by atoms with van der Waals surface area (Å²) >= 11 is 0. The van der Waals surface area contributed by atoms with Gasteiger partial charge in [-0.1, -0.05) is 12.1 Å². The van der Waals surface area contributed by atoms with E-state index in [9.17, 15) is 39.9 Å². The lowest BCUT2D eigenvalue weighted by Gasteiger charge is -2.42. The van der Waals surface area contributed by atoms with E-state index in [1.54, 1.807) is 30.6 Å². The van der Waals surface area contributed by atoms with E-state index in [-0.39, 0.29) is 40.0 Å². The van der Waals surface area contributed by atoms with Crippen LogP contribution in [0.2, 0.25) is 0 Å². The largest absolute Gasteiger partial charge is 0.548 e. The number of ether oxygens (including phenoxy) is 3. The Bertz CT molecular complexity index is 1840. The van der Waals surface area contributed by atoms with Gasteiger partial charge in [0.1, 0.15) is 53.5 Å². The summed E-state index contributed by atoms with van der Waals surface area (Å²) in [6.07, 6.45) is -4.42. The lowest BCUT2D eigenvalue weighted by molar-refractivity contribution is -1.05. The SMILES string of the molecule is CNC(C(=O)[O-])C(=O)OC(O)C1OC(Oc2ccc3c(=O)c(-c4ccc(O)cc4)coc3c2)C(O[NH+]2C=C3C=CN=C3C2)C(O)C1O. The number of nitrogens with one attached hydrogen (secondary N) is 2. The van der Waals surface area contributed by atoms with Crippen LogP contribution in [-0.4, -0.2) is 94.7 Å². The Labute approximate surface area is 264 Å². The molecule has 0 spiro atoms. The summed E-state index contributed by atoms with van der Waals surface area (Å²) in [5, 5.41) is 56.2. The van der Waals surface area contributed by atoms with Crippen molar-refractivity contribution in [3.05, 3.63) is 83.0 Å². The lowest BCUT2D eigenvalue weighted by atomic mass is 9.98. The molecular formula is C31H29N3O13. The van der Waals surface area contributed by atoms with Crippen molar-refractivity contribution in [3.63, 3.8) is 0 Å². The number of carbonyl (C=O) groups excluding carboxylic acids is 2. The van der Waals surface area contributed by atoms with E-state index in [1.807, 2.05) is 0 Å². The number of aromatic hydroxyl groups is 1. The Balaban J connectivity index is 1.27. The monoisotopic (exact) mass is 651 g/mol. The molecule has 3 aliphatic heterocycles. The maximum atomic E-state index is 13.2. The number of quaternary nitrogens is 1. The highest BCUT2D eigenvalue weighted by atomic mass is 16.8. The fraction of sp³-hybridized carbons (Fsp3) is 0.290. The number of esters is 1. The number of hydrogen-bond acceptors (Lipinski definition) is 15. The van der Waals surface area contributed by atoms with Crippen LogP contribution >= 0.6 is 0 Å². The second-order valence-corrected chi connectivity index (χ2v) is 10.8. The molecular weight excluding hydrogens is 622 g/mol. The minimum absolute atomic E-state index is 0.0367. The topological polar surface area (TPSA) is 234 Å². The quantitative estimate of drug-likeness (QED) is 0.0741. The fourth-order valence-electron chi connectivity index (χ4n) is 5.36. The van der Waals surface area contributed by atoms with Gasteiger partial charge in [0.05, 0.1) is 22.5 Å². The first-order chi connectivity index (χ1) is 22.5. The van der Waals surface area contributed by atoms with Gasteiger partial charge >= 0.3 is 5.97 Å². The first-order valence-electron chi connectivity index (χ1n) is 14.3. The number of carboxylic acid groups (broad SMARTS) is 1. The summed E-state index contributed by atoms with van der Waals surface area (Å²) < 4.78 is 22.3. The second kappa shape index (κ2) is 13.0. The van der Waals surface area contributed by atoms with Gasteiger partial charge in [0.25, 0.3) is 0 Å². The predicted molar refractivity (Wildman–Crippen MR) is 156 cm³/mol. The van der Waals surface area contributed by atoms with E-state index in [2.05, 4.69) is 10.3 Å². The summed E-state index contributed by atoms with van der Waals surface area (Å²) in [4.78, 5) is 47.0. The van der Waals surface area contributed by atoms with Crippen molar-refractivity contribution in [1.82, 2.24) is 5.32 Å². The van der Waals surface area contributed by atoms with Gasteiger partial charge < -0.3 is 54.3 Å². The number of hydroxylamine groups is 2. The van der Waals surface area contributed by atoms with Crippen LogP contribution in [0.25, 0.3) is 22.1 Å². The van der Waals surface area contributed by atoms with E-state index in [0.717, 1.165) is 18.3 Å². The Morgan fingerprint density at radius 1 is 1.15 bits per heavy atom.